The number of hydrogen-bond acceptors (Lipinski definition) is 3. The van der Waals surface area contributed by atoms with E-state index in [-0.39, 0.29) is 35.9 Å². The van der Waals surface area contributed by atoms with Gasteiger partial charge in [-0.1, -0.05) is 20.8 Å². The fraction of sp³-hybridized carbons (Fsp3) is 0.438. The average Bonchev–Trinajstić information content (AvgIpc) is 2.45. The maximum atomic E-state index is 14.0. The van der Waals surface area contributed by atoms with Crippen LogP contribution in [0.3, 0.4) is 0 Å². The number of carbonyl (C=O) groups excluding carboxylic acids is 2. The lowest BCUT2D eigenvalue weighted by molar-refractivity contribution is -0.139. The summed E-state index contributed by atoms with van der Waals surface area (Å²) in [6, 6.07) is 2.55. The normalized spacial score (nSPS) is 11.9. The van der Waals surface area contributed by atoms with E-state index in [4.69, 9.17) is 5.11 Å². The monoisotopic (exact) mass is 324 g/mol. The molecule has 1 rings (SSSR count). The maximum Gasteiger partial charge on any atom is 0.326 e. The average molecular weight is 324 g/mol. The Bertz CT molecular complexity index is 602. The van der Waals surface area contributed by atoms with Crippen LogP contribution in [0.15, 0.2) is 18.2 Å². The molecule has 1 aromatic rings. The van der Waals surface area contributed by atoms with Gasteiger partial charge in [0.25, 0.3) is 5.91 Å². The Balaban J connectivity index is 2.81. The summed E-state index contributed by atoms with van der Waals surface area (Å²) < 4.78 is 14.0. The Hall–Kier alpha value is -2.44. The van der Waals surface area contributed by atoms with Gasteiger partial charge in [0.1, 0.15) is 11.9 Å². The molecule has 23 heavy (non-hydrogen) atoms. The SMILES string of the molecule is CCC(NC(=O)c1ccc(NC(=O)CC(C)C)c(F)c1)C(=O)O. The van der Waals surface area contributed by atoms with Crippen molar-refractivity contribution in [1.29, 1.82) is 0 Å². The number of anilines is 1. The second kappa shape index (κ2) is 8.26. The first kappa shape index (κ1) is 18.6. The first-order valence-electron chi connectivity index (χ1n) is 7.37. The number of nitrogens with one attached hydrogen (secondary N) is 2. The topological polar surface area (TPSA) is 95.5 Å². The molecule has 0 saturated heterocycles. The van der Waals surface area contributed by atoms with Gasteiger partial charge in [-0.2, -0.15) is 0 Å². The van der Waals surface area contributed by atoms with Crippen molar-refractivity contribution in [2.24, 2.45) is 5.92 Å². The number of halogens is 1. The Kier molecular flexibility index (Phi) is 6.68. The van der Waals surface area contributed by atoms with Crippen LogP contribution in [0, 0.1) is 11.7 Å². The quantitative estimate of drug-likeness (QED) is 0.717. The zero-order chi connectivity index (χ0) is 17.6. The van der Waals surface area contributed by atoms with Crippen LogP contribution in [-0.4, -0.2) is 28.9 Å². The van der Waals surface area contributed by atoms with Crippen LogP contribution in [0.5, 0.6) is 0 Å². The Morgan fingerprint density at radius 3 is 2.39 bits per heavy atom. The molecule has 0 aromatic heterocycles. The third-order valence-electron chi connectivity index (χ3n) is 3.11. The molecule has 1 unspecified atom stereocenters. The van der Waals surface area contributed by atoms with Crippen molar-refractivity contribution in [2.45, 2.75) is 39.7 Å². The minimum Gasteiger partial charge on any atom is -0.480 e. The Morgan fingerprint density at radius 1 is 1.26 bits per heavy atom. The molecule has 0 bridgehead atoms. The van der Waals surface area contributed by atoms with E-state index in [0.717, 1.165) is 6.07 Å². The standard InChI is InChI=1S/C16H21FN2O4/c1-4-12(16(22)23)19-15(21)10-5-6-13(11(17)8-10)18-14(20)7-9(2)3/h5-6,8-9,12H,4,7H2,1-3H3,(H,18,20)(H,19,21)(H,22,23). The molecule has 3 N–H and O–H groups in total. The zero-order valence-electron chi connectivity index (χ0n) is 13.4. The number of aliphatic carboxylic acids is 1. The van der Waals surface area contributed by atoms with Crippen LogP contribution in [0.25, 0.3) is 0 Å². The number of hydrogen-bond donors (Lipinski definition) is 3. The number of rotatable bonds is 7. The number of carboxylic acid groups (broad SMARTS) is 1. The van der Waals surface area contributed by atoms with E-state index < -0.39 is 23.7 Å². The van der Waals surface area contributed by atoms with E-state index in [2.05, 4.69) is 10.6 Å². The molecule has 2 amide bonds. The summed E-state index contributed by atoms with van der Waals surface area (Å²) in [6.45, 7) is 5.36. The van der Waals surface area contributed by atoms with Gasteiger partial charge < -0.3 is 15.7 Å². The lowest BCUT2D eigenvalue weighted by atomic mass is 10.1. The Labute approximate surface area is 134 Å². The number of amides is 2. The van der Waals surface area contributed by atoms with E-state index in [9.17, 15) is 18.8 Å². The van der Waals surface area contributed by atoms with Crippen molar-refractivity contribution in [1.82, 2.24) is 5.32 Å². The molecule has 0 radical (unpaired) electrons. The van der Waals surface area contributed by atoms with Crippen LogP contribution in [0.2, 0.25) is 0 Å². The molecule has 0 aliphatic rings. The van der Waals surface area contributed by atoms with Gasteiger partial charge in [-0.05, 0) is 30.5 Å². The summed E-state index contributed by atoms with van der Waals surface area (Å²) in [6.07, 6.45) is 0.478. The van der Waals surface area contributed by atoms with Gasteiger partial charge in [-0.3, -0.25) is 9.59 Å². The predicted octanol–water partition coefficient (Wildman–Crippen LogP) is 2.40. The smallest absolute Gasteiger partial charge is 0.326 e. The highest BCUT2D eigenvalue weighted by Crippen LogP contribution is 2.17. The summed E-state index contributed by atoms with van der Waals surface area (Å²) >= 11 is 0. The molecule has 0 spiro atoms. The van der Waals surface area contributed by atoms with E-state index in [1.165, 1.54) is 12.1 Å². The predicted molar refractivity (Wildman–Crippen MR) is 83.7 cm³/mol. The first-order chi connectivity index (χ1) is 10.7. The second-order valence-corrected chi connectivity index (χ2v) is 5.61. The summed E-state index contributed by atoms with van der Waals surface area (Å²) in [5.41, 5.74) is -0.0264. The fourth-order valence-corrected chi connectivity index (χ4v) is 1.91. The second-order valence-electron chi connectivity index (χ2n) is 5.61. The van der Waals surface area contributed by atoms with Crippen LogP contribution in [0.1, 0.15) is 44.0 Å². The summed E-state index contributed by atoms with van der Waals surface area (Å²) in [7, 11) is 0. The van der Waals surface area contributed by atoms with Gasteiger partial charge in [0.2, 0.25) is 5.91 Å². The van der Waals surface area contributed by atoms with Crippen molar-refractivity contribution >= 4 is 23.5 Å². The summed E-state index contributed by atoms with van der Waals surface area (Å²) in [4.78, 5) is 34.4. The summed E-state index contributed by atoms with van der Waals surface area (Å²) in [5.74, 6) is -2.76. The lowest BCUT2D eigenvalue weighted by Crippen LogP contribution is -2.40. The molecule has 1 atom stereocenters. The van der Waals surface area contributed by atoms with Crippen LogP contribution in [0.4, 0.5) is 10.1 Å². The highest BCUT2D eigenvalue weighted by molar-refractivity contribution is 5.97. The fourth-order valence-electron chi connectivity index (χ4n) is 1.91. The summed E-state index contributed by atoms with van der Waals surface area (Å²) in [5, 5.41) is 13.6. The molecule has 0 aliphatic carbocycles. The van der Waals surface area contributed by atoms with Crippen molar-refractivity contribution in [3.05, 3.63) is 29.6 Å². The Morgan fingerprint density at radius 2 is 1.91 bits per heavy atom. The third kappa shape index (κ3) is 5.69. The highest BCUT2D eigenvalue weighted by atomic mass is 19.1. The molecular formula is C16H21FN2O4. The molecule has 0 aliphatic heterocycles. The minimum absolute atomic E-state index is 0.0101. The molecule has 0 heterocycles. The van der Waals surface area contributed by atoms with Gasteiger partial charge in [-0.15, -0.1) is 0 Å². The van der Waals surface area contributed by atoms with E-state index in [0.29, 0.717) is 0 Å². The molecule has 7 heteroatoms. The van der Waals surface area contributed by atoms with Crippen molar-refractivity contribution in [2.75, 3.05) is 5.32 Å². The van der Waals surface area contributed by atoms with Gasteiger partial charge in [0.05, 0.1) is 5.69 Å². The third-order valence-corrected chi connectivity index (χ3v) is 3.11. The highest BCUT2D eigenvalue weighted by Gasteiger charge is 2.19. The van der Waals surface area contributed by atoms with Gasteiger partial charge in [0.15, 0.2) is 0 Å². The minimum atomic E-state index is -1.15. The first-order valence-corrected chi connectivity index (χ1v) is 7.37. The van der Waals surface area contributed by atoms with E-state index in [1.807, 2.05) is 13.8 Å². The van der Waals surface area contributed by atoms with Crippen LogP contribution in [-0.2, 0) is 9.59 Å². The van der Waals surface area contributed by atoms with Crippen LogP contribution < -0.4 is 10.6 Å². The van der Waals surface area contributed by atoms with Gasteiger partial charge in [0, 0.05) is 12.0 Å². The van der Waals surface area contributed by atoms with Crippen LogP contribution >= 0.6 is 0 Å². The number of carbonyl (C=O) groups is 3. The van der Waals surface area contributed by atoms with Gasteiger partial charge >= 0.3 is 5.97 Å². The number of benzene rings is 1. The van der Waals surface area contributed by atoms with Crippen molar-refractivity contribution in [3.63, 3.8) is 0 Å². The molecule has 0 saturated carbocycles. The zero-order valence-corrected chi connectivity index (χ0v) is 13.4. The molecule has 0 fully saturated rings. The molecular weight excluding hydrogens is 303 g/mol. The van der Waals surface area contributed by atoms with Crippen molar-refractivity contribution < 1.29 is 23.9 Å². The molecule has 1 aromatic carbocycles. The molecule has 126 valence electrons. The lowest BCUT2D eigenvalue weighted by Gasteiger charge is -2.13. The maximum absolute atomic E-state index is 14.0. The largest absolute Gasteiger partial charge is 0.480 e. The molecule has 6 nitrogen and oxygen atoms in total. The van der Waals surface area contributed by atoms with Gasteiger partial charge in [-0.25, -0.2) is 9.18 Å². The van der Waals surface area contributed by atoms with Crippen molar-refractivity contribution in [3.8, 4) is 0 Å². The van der Waals surface area contributed by atoms with E-state index >= 15 is 0 Å². The number of carboxylic acids is 1. The van der Waals surface area contributed by atoms with E-state index in [1.54, 1.807) is 6.92 Å².